The first-order valence-corrected chi connectivity index (χ1v) is 11.3. The molecule has 0 atom stereocenters. The van der Waals surface area contributed by atoms with Gasteiger partial charge in [0, 0.05) is 10.6 Å². The van der Waals surface area contributed by atoms with Crippen molar-refractivity contribution in [2.24, 2.45) is 0 Å². The number of anilines is 2. The summed E-state index contributed by atoms with van der Waals surface area (Å²) in [6.45, 7) is 3.42. The van der Waals surface area contributed by atoms with Gasteiger partial charge in [0.25, 0.3) is 11.8 Å². The van der Waals surface area contributed by atoms with Crippen LogP contribution < -0.4 is 15.4 Å². The van der Waals surface area contributed by atoms with Crippen LogP contribution in [0.4, 0.5) is 10.7 Å². The Labute approximate surface area is 204 Å². The van der Waals surface area contributed by atoms with Crippen LogP contribution in [0.2, 0.25) is 10.0 Å². The Morgan fingerprint density at radius 1 is 1.00 bits per heavy atom. The van der Waals surface area contributed by atoms with Crippen molar-refractivity contribution >= 4 is 63.0 Å². The number of ether oxygens (including phenoxy) is 2. The molecule has 172 valence electrons. The fraction of sp³-hybridized carbons (Fsp3) is 0.174. The Morgan fingerprint density at radius 3 is 2.33 bits per heavy atom. The first-order chi connectivity index (χ1) is 15.7. The topological polar surface area (TPSA) is 93.7 Å². The van der Waals surface area contributed by atoms with Crippen molar-refractivity contribution in [3.05, 3.63) is 74.1 Å². The minimum atomic E-state index is -0.642. The molecule has 7 nitrogen and oxygen atoms in total. The van der Waals surface area contributed by atoms with E-state index in [9.17, 15) is 14.4 Å². The van der Waals surface area contributed by atoms with Crippen molar-refractivity contribution in [3.8, 4) is 5.75 Å². The molecule has 0 unspecified atom stereocenters. The van der Waals surface area contributed by atoms with Crippen molar-refractivity contribution in [1.29, 1.82) is 0 Å². The number of nitrogens with one attached hydrogen (secondary N) is 2. The SMILES string of the molecule is CCOC(=O)c1c(NC(=O)c2ccc(OC)cc2)sc(C(=O)Nc2cc(Cl)ccc2Cl)c1C. The fourth-order valence-corrected chi connectivity index (χ4v) is 4.38. The first-order valence-electron chi connectivity index (χ1n) is 9.77. The lowest BCUT2D eigenvalue weighted by atomic mass is 10.1. The number of carbonyl (C=O) groups is 3. The monoisotopic (exact) mass is 506 g/mol. The summed E-state index contributed by atoms with van der Waals surface area (Å²) in [5.74, 6) is -0.994. The normalized spacial score (nSPS) is 10.5. The van der Waals surface area contributed by atoms with E-state index in [1.54, 1.807) is 50.2 Å². The number of benzene rings is 2. The molecule has 10 heteroatoms. The third kappa shape index (κ3) is 5.65. The smallest absolute Gasteiger partial charge is 0.341 e. The van der Waals surface area contributed by atoms with Gasteiger partial charge in [-0.05, 0) is 61.9 Å². The van der Waals surface area contributed by atoms with Gasteiger partial charge >= 0.3 is 5.97 Å². The average Bonchev–Trinajstić information content (AvgIpc) is 3.12. The zero-order valence-corrected chi connectivity index (χ0v) is 20.3. The van der Waals surface area contributed by atoms with E-state index in [-0.39, 0.29) is 22.0 Å². The summed E-state index contributed by atoms with van der Waals surface area (Å²) in [5.41, 5.74) is 1.17. The van der Waals surface area contributed by atoms with Crippen LogP contribution in [0.5, 0.6) is 5.75 Å². The molecule has 0 aliphatic heterocycles. The average molecular weight is 507 g/mol. The number of halogens is 2. The molecule has 2 N–H and O–H groups in total. The standard InChI is InChI=1S/C23H20Cl2N2O5S/c1-4-32-23(30)18-12(2)19(21(29)26-17-11-14(24)7-10-16(17)25)33-22(18)27-20(28)13-5-8-15(31-3)9-6-13/h5-11H,4H2,1-3H3,(H,26,29)(H,27,28). The van der Waals surface area contributed by atoms with E-state index >= 15 is 0 Å². The van der Waals surface area contributed by atoms with Gasteiger partial charge < -0.3 is 20.1 Å². The number of amides is 2. The second-order valence-electron chi connectivity index (χ2n) is 6.74. The number of rotatable bonds is 7. The molecule has 3 rings (SSSR count). The second kappa shape index (κ2) is 10.7. The lowest BCUT2D eigenvalue weighted by Gasteiger charge is -2.08. The van der Waals surface area contributed by atoms with Gasteiger partial charge in [-0.1, -0.05) is 23.2 Å². The number of methoxy groups -OCH3 is 1. The van der Waals surface area contributed by atoms with Crippen LogP contribution in [0.3, 0.4) is 0 Å². The summed E-state index contributed by atoms with van der Waals surface area (Å²) < 4.78 is 10.2. The van der Waals surface area contributed by atoms with Crippen LogP contribution in [0.1, 0.15) is 42.9 Å². The third-order valence-corrected chi connectivity index (χ3v) is 6.36. The van der Waals surface area contributed by atoms with Crippen molar-refractivity contribution in [1.82, 2.24) is 0 Å². The molecule has 2 aromatic carbocycles. The second-order valence-corrected chi connectivity index (χ2v) is 8.61. The van der Waals surface area contributed by atoms with Crippen LogP contribution >= 0.6 is 34.5 Å². The van der Waals surface area contributed by atoms with Gasteiger partial charge in [-0.2, -0.15) is 0 Å². The summed E-state index contributed by atoms with van der Waals surface area (Å²) in [6, 6.07) is 11.2. The molecular weight excluding hydrogens is 487 g/mol. The molecule has 0 aliphatic rings. The van der Waals surface area contributed by atoms with Gasteiger partial charge in [0.05, 0.1) is 34.9 Å². The van der Waals surface area contributed by atoms with Gasteiger partial charge in [-0.25, -0.2) is 4.79 Å². The van der Waals surface area contributed by atoms with E-state index in [4.69, 9.17) is 32.7 Å². The van der Waals surface area contributed by atoms with Crippen molar-refractivity contribution < 1.29 is 23.9 Å². The Balaban J connectivity index is 1.94. The van der Waals surface area contributed by atoms with Gasteiger partial charge in [0.2, 0.25) is 0 Å². The zero-order valence-electron chi connectivity index (χ0n) is 18.0. The number of thiophene rings is 1. The lowest BCUT2D eigenvalue weighted by molar-refractivity contribution is 0.0527. The van der Waals surface area contributed by atoms with E-state index < -0.39 is 17.8 Å². The van der Waals surface area contributed by atoms with Crippen molar-refractivity contribution in [3.63, 3.8) is 0 Å². The minimum Gasteiger partial charge on any atom is -0.497 e. The van der Waals surface area contributed by atoms with Crippen LogP contribution in [0, 0.1) is 6.92 Å². The predicted octanol–water partition coefficient (Wildman–Crippen LogP) is 6.05. The molecule has 1 heterocycles. The highest BCUT2D eigenvalue weighted by molar-refractivity contribution is 7.19. The Hall–Kier alpha value is -3.07. The van der Waals surface area contributed by atoms with E-state index in [0.29, 0.717) is 32.6 Å². The number of esters is 1. The minimum absolute atomic E-state index is 0.117. The molecule has 0 fully saturated rings. The molecule has 0 bridgehead atoms. The Morgan fingerprint density at radius 2 is 1.70 bits per heavy atom. The van der Waals surface area contributed by atoms with Gasteiger partial charge in [0.1, 0.15) is 10.8 Å². The molecule has 0 spiro atoms. The van der Waals surface area contributed by atoms with Crippen molar-refractivity contribution in [2.45, 2.75) is 13.8 Å². The summed E-state index contributed by atoms with van der Waals surface area (Å²) in [7, 11) is 1.53. The highest BCUT2D eigenvalue weighted by Gasteiger charge is 2.27. The van der Waals surface area contributed by atoms with E-state index in [2.05, 4.69) is 10.6 Å². The molecule has 3 aromatic rings. The molecular formula is C23H20Cl2N2O5S. The van der Waals surface area contributed by atoms with Crippen molar-refractivity contribution in [2.75, 3.05) is 24.4 Å². The van der Waals surface area contributed by atoms with Crippen LogP contribution in [-0.4, -0.2) is 31.5 Å². The van der Waals surface area contributed by atoms with E-state index in [1.807, 2.05) is 0 Å². The van der Waals surface area contributed by atoms with Crippen LogP contribution in [0.15, 0.2) is 42.5 Å². The molecule has 33 heavy (non-hydrogen) atoms. The highest BCUT2D eigenvalue weighted by atomic mass is 35.5. The third-order valence-electron chi connectivity index (χ3n) is 4.59. The number of carbonyl (C=O) groups excluding carboxylic acids is 3. The van der Waals surface area contributed by atoms with E-state index in [1.165, 1.54) is 13.2 Å². The quantitative estimate of drug-likeness (QED) is 0.380. The fourth-order valence-electron chi connectivity index (χ4n) is 2.96. The van der Waals surface area contributed by atoms with Gasteiger partial charge in [-0.15, -0.1) is 11.3 Å². The van der Waals surface area contributed by atoms with Crippen LogP contribution in [-0.2, 0) is 4.74 Å². The van der Waals surface area contributed by atoms with E-state index in [0.717, 1.165) is 11.3 Å². The maximum Gasteiger partial charge on any atom is 0.341 e. The van der Waals surface area contributed by atoms with Gasteiger partial charge in [-0.3, -0.25) is 9.59 Å². The number of hydrogen-bond acceptors (Lipinski definition) is 6. The van der Waals surface area contributed by atoms with Crippen LogP contribution in [0.25, 0.3) is 0 Å². The highest BCUT2D eigenvalue weighted by Crippen LogP contribution is 2.35. The molecule has 1 aromatic heterocycles. The molecule has 0 aliphatic carbocycles. The molecule has 0 saturated carbocycles. The molecule has 0 radical (unpaired) electrons. The largest absolute Gasteiger partial charge is 0.497 e. The zero-order chi connectivity index (χ0) is 24.1. The summed E-state index contributed by atoms with van der Waals surface area (Å²) in [5, 5.41) is 6.32. The Kier molecular flexibility index (Phi) is 7.97. The first kappa shape index (κ1) is 24.6. The maximum atomic E-state index is 13.0. The molecule has 2 amide bonds. The van der Waals surface area contributed by atoms with Gasteiger partial charge in [0.15, 0.2) is 0 Å². The Bertz CT molecular complexity index is 1210. The lowest BCUT2D eigenvalue weighted by Crippen LogP contribution is -2.15. The predicted molar refractivity (Wildman–Crippen MR) is 130 cm³/mol. The summed E-state index contributed by atoms with van der Waals surface area (Å²) in [6.07, 6.45) is 0. The molecule has 0 saturated heterocycles. The maximum absolute atomic E-state index is 13.0. The summed E-state index contributed by atoms with van der Waals surface area (Å²) in [4.78, 5) is 38.6. The number of hydrogen-bond donors (Lipinski definition) is 2. The summed E-state index contributed by atoms with van der Waals surface area (Å²) >= 11 is 13.1.